The molecule has 1 saturated carbocycles. The third-order valence-electron chi connectivity index (χ3n) is 4.96. The van der Waals surface area contributed by atoms with Gasteiger partial charge in [0.05, 0.1) is 0 Å². The third kappa shape index (κ3) is 3.23. The van der Waals surface area contributed by atoms with Crippen molar-refractivity contribution in [2.75, 3.05) is 6.54 Å². The molecule has 2 atom stereocenters. The highest BCUT2D eigenvalue weighted by atomic mass is 32.1. The molecule has 0 radical (unpaired) electrons. The van der Waals surface area contributed by atoms with Crippen molar-refractivity contribution < 1.29 is 0 Å². The van der Waals surface area contributed by atoms with Crippen LogP contribution in [-0.2, 0) is 6.54 Å². The van der Waals surface area contributed by atoms with Crippen LogP contribution >= 0.6 is 12.2 Å². The first-order valence-electron chi connectivity index (χ1n) is 7.95. The van der Waals surface area contributed by atoms with Crippen molar-refractivity contribution in [2.45, 2.75) is 52.6 Å². The van der Waals surface area contributed by atoms with Crippen molar-refractivity contribution in [3.05, 3.63) is 35.9 Å². The molecule has 0 spiro atoms. The van der Waals surface area contributed by atoms with Gasteiger partial charge >= 0.3 is 0 Å². The molecule has 0 aromatic heterocycles. The number of hydrogen-bond donors (Lipinski definition) is 1. The van der Waals surface area contributed by atoms with E-state index in [1.165, 1.54) is 24.8 Å². The van der Waals surface area contributed by atoms with Crippen LogP contribution in [0.1, 0.15) is 45.6 Å². The van der Waals surface area contributed by atoms with E-state index in [0.717, 1.165) is 18.2 Å². The highest BCUT2D eigenvalue weighted by Crippen LogP contribution is 2.52. The molecular formula is C18H26N2S. The van der Waals surface area contributed by atoms with E-state index in [-0.39, 0.29) is 0 Å². The topological polar surface area (TPSA) is 15.3 Å². The van der Waals surface area contributed by atoms with Gasteiger partial charge in [-0.1, -0.05) is 51.1 Å². The standard InChI is InChI=1S/C18H26N2S/c1-17(2)9-15-10-18(3,12-17)13-20(15)16(21)19-11-14-7-5-4-6-8-14/h4-8,15H,9-13H2,1-3H3,(H,19,21)/t15-,18+/m1/s1. The van der Waals surface area contributed by atoms with Crippen molar-refractivity contribution in [1.29, 1.82) is 0 Å². The van der Waals surface area contributed by atoms with Crippen molar-refractivity contribution in [2.24, 2.45) is 10.8 Å². The lowest BCUT2D eigenvalue weighted by molar-refractivity contribution is 0.132. The fraction of sp³-hybridized carbons (Fsp3) is 0.611. The first-order valence-corrected chi connectivity index (χ1v) is 8.36. The highest BCUT2D eigenvalue weighted by molar-refractivity contribution is 7.80. The average Bonchev–Trinajstić information content (AvgIpc) is 2.66. The summed E-state index contributed by atoms with van der Waals surface area (Å²) in [6.45, 7) is 9.17. The Hall–Kier alpha value is -1.09. The lowest BCUT2D eigenvalue weighted by atomic mass is 9.65. The third-order valence-corrected chi connectivity index (χ3v) is 5.34. The van der Waals surface area contributed by atoms with Gasteiger partial charge in [0.1, 0.15) is 0 Å². The Kier molecular flexibility index (Phi) is 3.73. The van der Waals surface area contributed by atoms with Crippen LogP contribution in [0, 0.1) is 10.8 Å². The van der Waals surface area contributed by atoms with Crippen LogP contribution in [0.5, 0.6) is 0 Å². The summed E-state index contributed by atoms with van der Waals surface area (Å²) in [5.41, 5.74) is 2.17. The summed E-state index contributed by atoms with van der Waals surface area (Å²) in [6.07, 6.45) is 3.87. The monoisotopic (exact) mass is 302 g/mol. The van der Waals surface area contributed by atoms with E-state index in [1.807, 2.05) is 6.07 Å². The molecule has 1 aliphatic carbocycles. The maximum Gasteiger partial charge on any atom is 0.169 e. The Morgan fingerprint density at radius 1 is 1.24 bits per heavy atom. The van der Waals surface area contributed by atoms with E-state index < -0.39 is 0 Å². The minimum atomic E-state index is 0.435. The molecule has 1 N–H and O–H groups in total. The minimum absolute atomic E-state index is 0.435. The molecule has 0 amide bonds. The van der Waals surface area contributed by atoms with Crippen LogP contribution < -0.4 is 5.32 Å². The van der Waals surface area contributed by atoms with Crippen LogP contribution in [0.25, 0.3) is 0 Å². The molecule has 114 valence electrons. The van der Waals surface area contributed by atoms with E-state index in [2.05, 4.69) is 55.3 Å². The molecule has 3 rings (SSSR count). The maximum absolute atomic E-state index is 5.68. The van der Waals surface area contributed by atoms with Gasteiger partial charge < -0.3 is 10.2 Å². The molecule has 0 unspecified atom stereocenters. The van der Waals surface area contributed by atoms with E-state index in [0.29, 0.717) is 16.9 Å². The molecule has 1 aromatic rings. The Bertz CT molecular complexity index is 525. The number of fused-ring (bicyclic) bond motifs is 2. The number of likely N-dealkylation sites (tertiary alicyclic amines) is 1. The highest BCUT2D eigenvalue weighted by Gasteiger charge is 2.50. The number of thiocarbonyl (C=S) groups is 1. The number of nitrogens with zero attached hydrogens (tertiary/aromatic N) is 1. The van der Waals surface area contributed by atoms with Crippen molar-refractivity contribution >= 4 is 17.3 Å². The van der Waals surface area contributed by atoms with Crippen LogP contribution in [-0.4, -0.2) is 22.6 Å². The molecule has 1 aliphatic heterocycles. The average molecular weight is 302 g/mol. The van der Waals surface area contributed by atoms with Crippen LogP contribution in [0.3, 0.4) is 0 Å². The molecule has 1 aromatic carbocycles. The summed E-state index contributed by atoms with van der Waals surface area (Å²) in [6, 6.07) is 11.1. The number of nitrogens with one attached hydrogen (secondary N) is 1. The second kappa shape index (κ2) is 5.28. The van der Waals surface area contributed by atoms with Crippen LogP contribution in [0.4, 0.5) is 0 Å². The number of benzene rings is 1. The van der Waals surface area contributed by atoms with E-state index in [4.69, 9.17) is 12.2 Å². The van der Waals surface area contributed by atoms with Gasteiger partial charge in [0.15, 0.2) is 5.11 Å². The Morgan fingerprint density at radius 3 is 2.67 bits per heavy atom. The molecule has 2 aliphatic rings. The van der Waals surface area contributed by atoms with Crippen molar-refractivity contribution in [3.63, 3.8) is 0 Å². The van der Waals surface area contributed by atoms with Gasteiger partial charge in [0.2, 0.25) is 0 Å². The summed E-state index contributed by atoms with van der Waals surface area (Å²) >= 11 is 5.68. The molecular weight excluding hydrogens is 276 g/mol. The van der Waals surface area contributed by atoms with E-state index in [1.54, 1.807) is 0 Å². The zero-order chi connectivity index (χ0) is 15.1. The molecule has 2 bridgehead atoms. The first-order chi connectivity index (χ1) is 9.87. The Morgan fingerprint density at radius 2 is 1.95 bits per heavy atom. The predicted octanol–water partition coefficient (Wildman–Crippen LogP) is 3.96. The summed E-state index contributed by atoms with van der Waals surface area (Å²) in [4.78, 5) is 2.45. The lowest BCUT2D eigenvalue weighted by Crippen LogP contribution is -2.43. The quantitative estimate of drug-likeness (QED) is 0.832. The fourth-order valence-corrected chi connectivity index (χ4v) is 4.86. The number of hydrogen-bond acceptors (Lipinski definition) is 1. The van der Waals surface area contributed by atoms with Crippen LogP contribution in [0.15, 0.2) is 30.3 Å². The van der Waals surface area contributed by atoms with Gasteiger partial charge in [0.25, 0.3) is 0 Å². The van der Waals surface area contributed by atoms with Gasteiger partial charge in [-0.25, -0.2) is 0 Å². The minimum Gasteiger partial charge on any atom is -0.358 e. The van der Waals surface area contributed by atoms with Gasteiger partial charge in [0, 0.05) is 19.1 Å². The van der Waals surface area contributed by atoms with Gasteiger partial charge in [-0.3, -0.25) is 0 Å². The lowest BCUT2D eigenvalue weighted by Gasteiger charge is -2.39. The Balaban J connectivity index is 1.64. The van der Waals surface area contributed by atoms with Gasteiger partial charge in [-0.2, -0.15) is 0 Å². The van der Waals surface area contributed by atoms with Gasteiger partial charge in [-0.05, 0) is 47.9 Å². The zero-order valence-corrected chi connectivity index (χ0v) is 14.2. The molecule has 3 heteroatoms. The summed E-state index contributed by atoms with van der Waals surface area (Å²) in [7, 11) is 0. The second-order valence-electron chi connectivity index (χ2n) is 7.99. The molecule has 2 nitrogen and oxygen atoms in total. The SMILES string of the molecule is CC1(C)C[C@@H]2C[C@](C)(CN2C(=S)NCc2ccccc2)C1. The first kappa shape index (κ1) is 14.8. The van der Waals surface area contributed by atoms with Crippen molar-refractivity contribution in [1.82, 2.24) is 10.2 Å². The van der Waals surface area contributed by atoms with E-state index >= 15 is 0 Å². The number of rotatable bonds is 2. The Labute approximate surface area is 133 Å². The zero-order valence-electron chi connectivity index (χ0n) is 13.4. The smallest absolute Gasteiger partial charge is 0.169 e. The molecule has 1 saturated heterocycles. The summed E-state index contributed by atoms with van der Waals surface area (Å²) < 4.78 is 0. The van der Waals surface area contributed by atoms with Crippen LogP contribution in [0.2, 0.25) is 0 Å². The molecule has 2 fully saturated rings. The molecule has 21 heavy (non-hydrogen) atoms. The largest absolute Gasteiger partial charge is 0.358 e. The predicted molar refractivity (Wildman–Crippen MR) is 92.1 cm³/mol. The normalized spacial score (nSPS) is 30.2. The maximum atomic E-state index is 5.68. The summed E-state index contributed by atoms with van der Waals surface area (Å²) in [5.74, 6) is 0. The second-order valence-corrected chi connectivity index (χ2v) is 8.37. The molecule has 1 heterocycles. The summed E-state index contributed by atoms with van der Waals surface area (Å²) in [5, 5.41) is 4.39. The fourth-order valence-electron chi connectivity index (χ4n) is 4.57. The van der Waals surface area contributed by atoms with E-state index in [9.17, 15) is 0 Å². The van der Waals surface area contributed by atoms with Crippen molar-refractivity contribution in [3.8, 4) is 0 Å². The van der Waals surface area contributed by atoms with Gasteiger partial charge in [-0.15, -0.1) is 0 Å².